The molecule has 0 spiro atoms. The Morgan fingerprint density at radius 2 is 1.87 bits per heavy atom. The van der Waals surface area contributed by atoms with Crippen LogP contribution in [-0.2, 0) is 17.7 Å². The summed E-state index contributed by atoms with van der Waals surface area (Å²) in [6, 6.07) is 15.4. The van der Waals surface area contributed by atoms with Gasteiger partial charge in [0.2, 0.25) is 0 Å². The fraction of sp³-hybridized carbons (Fsp3) is 0.375. The highest BCUT2D eigenvalue weighted by molar-refractivity contribution is 7.90. The van der Waals surface area contributed by atoms with Crippen molar-refractivity contribution >= 4 is 40.3 Å². The molecule has 4 rings (SSSR count). The molecule has 0 radical (unpaired) electrons. The van der Waals surface area contributed by atoms with E-state index in [9.17, 15) is 9.35 Å². The van der Waals surface area contributed by atoms with E-state index < -0.39 is 11.2 Å². The number of aromatic nitrogens is 1. The number of nitrogens with zero attached hydrogens (tertiary/aromatic N) is 2. The van der Waals surface area contributed by atoms with E-state index in [2.05, 4.69) is 35.6 Å². The van der Waals surface area contributed by atoms with Crippen molar-refractivity contribution in [2.45, 2.75) is 31.2 Å². The smallest absolute Gasteiger partial charge is 0.195 e. The summed E-state index contributed by atoms with van der Waals surface area (Å²) in [5.41, 5.74) is 3.60. The highest BCUT2D eigenvalue weighted by atomic mass is 35.5. The van der Waals surface area contributed by atoms with Gasteiger partial charge < -0.3 is 14.0 Å². The van der Waals surface area contributed by atoms with Crippen molar-refractivity contribution in [3.05, 3.63) is 65.4 Å². The Hall–Kier alpha value is -1.79. The number of halogens is 1. The van der Waals surface area contributed by atoms with Crippen LogP contribution in [0.2, 0.25) is 0 Å². The minimum Gasteiger partial charge on any atom is -0.612 e. The van der Waals surface area contributed by atoms with Gasteiger partial charge in [-0.3, -0.25) is 4.79 Å². The SMILES string of the molecule is Cc1c(C(=O)c2ccc([S+](C)[O-])cc2)c2ccccc2n1CC1CCCN(C)C1.Cl. The number of para-hydroxylation sites is 1. The van der Waals surface area contributed by atoms with E-state index in [1.54, 1.807) is 30.5 Å². The minimum absolute atomic E-state index is 0. The fourth-order valence-electron chi connectivity index (χ4n) is 4.58. The van der Waals surface area contributed by atoms with Crippen molar-refractivity contribution in [1.29, 1.82) is 0 Å². The minimum atomic E-state index is -1.04. The van der Waals surface area contributed by atoms with Crippen molar-refractivity contribution in [2.75, 3.05) is 26.4 Å². The van der Waals surface area contributed by atoms with Crippen molar-refractivity contribution in [2.24, 2.45) is 5.92 Å². The molecular weight excluding hydrogens is 416 g/mol. The maximum absolute atomic E-state index is 13.4. The zero-order valence-electron chi connectivity index (χ0n) is 17.8. The lowest BCUT2D eigenvalue weighted by molar-refractivity contribution is 0.103. The highest BCUT2D eigenvalue weighted by Crippen LogP contribution is 2.30. The van der Waals surface area contributed by atoms with Crippen molar-refractivity contribution < 1.29 is 9.35 Å². The van der Waals surface area contributed by atoms with E-state index in [-0.39, 0.29) is 18.2 Å². The molecule has 0 bridgehead atoms. The molecule has 1 aliphatic heterocycles. The topological polar surface area (TPSA) is 48.3 Å². The van der Waals surface area contributed by atoms with Crippen molar-refractivity contribution in [3.63, 3.8) is 0 Å². The number of ketones is 1. The van der Waals surface area contributed by atoms with Gasteiger partial charge in [0.25, 0.3) is 0 Å². The molecule has 0 saturated carbocycles. The molecule has 2 atom stereocenters. The van der Waals surface area contributed by atoms with Crippen LogP contribution >= 0.6 is 12.4 Å². The summed E-state index contributed by atoms with van der Waals surface area (Å²) in [6.45, 7) is 5.28. The Labute approximate surface area is 187 Å². The number of hydrogen-bond acceptors (Lipinski definition) is 3. The summed E-state index contributed by atoms with van der Waals surface area (Å²) in [7, 11) is 2.19. The van der Waals surface area contributed by atoms with Gasteiger partial charge >= 0.3 is 0 Å². The maximum atomic E-state index is 13.4. The zero-order chi connectivity index (χ0) is 20.5. The molecule has 1 fully saturated rings. The lowest BCUT2D eigenvalue weighted by Gasteiger charge is -2.30. The lowest BCUT2D eigenvalue weighted by atomic mass is 9.98. The molecule has 1 aliphatic rings. The predicted molar refractivity (Wildman–Crippen MR) is 126 cm³/mol. The van der Waals surface area contributed by atoms with E-state index in [0.29, 0.717) is 11.5 Å². The third-order valence-electron chi connectivity index (χ3n) is 6.07. The van der Waals surface area contributed by atoms with Crippen LogP contribution in [0.15, 0.2) is 53.4 Å². The summed E-state index contributed by atoms with van der Waals surface area (Å²) in [6.07, 6.45) is 4.11. The number of fused-ring (bicyclic) bond motifs is 1. The molecular formula is C24H29ClN2O2S. The lowest BCUT2D eigenvalue weighted by Crippen LogP contribution is -2.34. The molecule has 30 heavy (non-hydrogen) atoms. The third-order valence-corrected chi connectivity index (χ3v) is 7.01. The van der Waals surface area contributed by atoms with E-state index in [4.69, 9.17) is 0 Å². The van der Waals surface area contributed by atoms with E-state index in [1.807, 2.05) is 12.1 Å². The van der Waals surface area contributed by atoms with Gasteiger partial charge in [0.05, 0.1) is 5.56 Å². The molecule has 160 valence electrons. The van der Waals surface area contributed by atoms with Crippen LogP contribution < -0.4 is 0 Å². The summed E-state index contributed by atoms with van der Waals surface area (Å²) < 4.78 is 14.0. The average Bonchev–Trinajstić information content (AvgIpc) is 2.99. The number of benzene rings is 2. The van der Waals surface area contributed by atoms with Gasteiger partial charge in [-0.2, -0.15) is 0 Å². The molecule has 0 amide bonds. The first-order valence-corrected chi connectivity index (χ1v) is 11.8. The molecule has 1 aromatic heterocycles. The Kier molecular flexibility index (Phi) is 7.30. The largest absolute Gasteiger partial charge is 0.612 e. The van der Waals surface area contributed by atoms with Gasteiger partial charge in [0.15, 0.2) is 10.7 Å². The first kappa shape index (κ1) is 22.9. The second kappa shape index (κ2) is 9.56. The second-order valence-corrected chi connectivity index (χ2v) is 9.55. The molecule has 2 unspecified atom stereocenters. The normalized spacial score (nSPS) is 18.2. The second-order valence-electron chi connectivity index (χ2n) is 8.17. The number of likely N-dealkylation sites (tertiary alicyclic amines) is 1. The molecule has 6 heteroatoms. The van der Waals surface area contributed by atoms with Crippen LogP contribution in [0.3, 0.4) is 0 Å². The van der Waals surface area contributed by atoms with Crippen molar-refractivity contribution in [3.8, 4) is 0 Å². The van der Waals surface area contributed by atoms with E-state index >= 15 is 0 Å². The van der Waals surface area contributed by atoms with Gasteiger partial charge in [-0.15, -0.1) is 12.4 Å². The first-order valence-electron chi connectivity index (χ1n) is 10.2. The molecule has 1 saturated heterocycles. The van der Waals surface area contributed by atoms with Gasteiger partial charge in [0.1, 0.15) is 6.26 Å². The van der Waals surface area contributed by atoms with E-state index in [1.165, 1.54) is 19.4 Å². The fourth-order valence-corrected chi connectivity index (χ4v) is 5.09. The Balaban J connectivity index is 0.00000256. The van der Waals surface area contributed by atoms with Gasteiger partial charge in [-0.05, 0) is 80.8 Å². The zero-order valence-corrected chi connectivity index (χ0v) is 19.4. The van der Waals surface area contributed by atoms with Crippen LogP contribution in [0.25, 0.3) is 10.9 Å². The van der Waals surface area contributed by atoms with Crippen LogP contribution in [0.5, 0.6) is 0 Å². The molecule has 0 aliphatic carbocycles. The van der Waals surface area contributed by atoms with Crippen molar-refractivity contribution in [1.82, 2.24) is 9.47 Å². The number of hydrogen-bond donors (Lipinski definition) is 0. The molecule has 2 aromatic carbocycles. The standard InChI is InChI=1S/C24H28N2O2S.ClH/c1-17-23(24(27)19-10-12-20(13-11-19)29(3)28)21-8-4-5-9-22(21)26(17)16-18-7-6-14-25(2)15-18;/h4-5,8-13,18H,6-7,14-16H2,1-3H3;1H. The van der Waals surface area contributed by atoms with Crippen LogP contribution in [0.4, 0.5) is 0 Å². The Morgan fingerprint density at radius 3 is 2.53 bits per heavy atom. The molecule has 4 nitrogen and oxygen atoms in total. The van der Waals surface area contributed by atoms with E-state index in [0.717, 1.165) is 40.1 Å². The predicted octanol–water partition coefficient (Wildman–Crippen LogP) is 4.68. The van der Waals surface area contributed by atoms with Gasteiger partial charge in [-0.25, -0.2) is 0 Å². The quantitative estimate of drug-likeness (QED) is 0.424. The molecule has 2 heterocycles. The van der Waals surface area contributed by atoms with Crippen LogP contribution in [0.1, 0.15) is 34.5 Å². The van der Waals surface area contributed by atoms with Crippen LogP contribution in [0, 0.1) is 12.8 Å². The van der Waals surface area contributed by atoms with Gasteiger partial charge in [-0.1, -0.05) is 18.2 Å². The Bertz CT molecular complexity index is 1030. The van der Waals surface area contributed by atoms with Gasteiger partial charge in [0, 0.05) is 35.2 Å². The van der Waals surface area contributed by atoms with Crippen LogP contribution in [-0.4, -0.2) is 46.2 Å². The number of rotatable bonds is 5. The Morgan fingerprint density at radius 1 is 1.17 bits per heavy atom. The summed E-state index contributed by atoms with van der Waals surface area (Å²) >= 11 is -1.04. The molecule has 3 aromatic rings. The summed E-state index contributed by atoms with van der Waals surface area (Å²) in [5, 5.41) is 1.02. The number of carbonyl (C=O) groups is 1. The number of piperidine rings is 1. The maximum Gasteiger partial charge on any atom is 0.195 e. The summed E-state index contributed by atoms with van der Waals surface area (Å²) in [4.78, 5) is 16.6. The number of carbonyl (C=O) groups excluding carboxylic acids is 1. The third kappa shape index (κ3) is 4.45. The highest BCUT2D eigenvalue weighted by Gasteiger charge is 2.24. The monoisotopic (exact) mass is 444 g/mol. The average molecular weight is 445 g/mol. The first-order chi connectivity index (χ1) is 14.0. The molecule has 0 N–H and O–H groups in total. The summed E-state index contributed by atoms with van der Waals surface area (Å²) in [5.74, 6) is 0.636.